The van der Waals surface area contributed by atoms with Gasteiger partial charge in [0.05, 0.1) is 5.75 Å². The first-order valence-corrected chi connectivity index (χ1v) is 7.58. The molecule has 0 atom stereocenters. The first-order valence-electron chi connectivity index (χ1n) is 5.75. The second-order valence-electron chi connectivity index (χ2n) is 4.31. The largest absolute Gasteiger partial charge is 0.351 e. The Morgan fingerprint density at radius 3 is 2.83 bits per heavy atom. The van der Waals surface area contributed by atoms with E-state index in [9.17, 15) is 12.8 Å². The lowest BCUT2D eigenvalue weighted by molar-refractivity contribution is 0.450. The van der Waals surface area contributed by atoms with Gasteiger partial charge in [0.25, 0.3) is 0 Å². The van der Waals surface area contributed by atoms with Crippen LogP contribution in [0.2, 0.25) is 0 Å². The van der Waals surface area contributed by atoms with Crippen molar-refractivity contribution in [1.82, 2.24) is 4.90 Å². The molecule has 6 heteroatoms. The van der Waals surface area contributed by atoms with Gasteiger partial charge in [-0.25, -0.2) is 12.8 Å². The lowest BCUT2D eigenvalue weighted by Crippen LogP contribution is -2.30. The van der Waals surface area contributed by atoms with Crippen LogP contribution in [-0.4, -0.2) is 37.2 Å². The molecule has 0 fully saturated rings. The van der Waals surface area contributed by atoms with E-state index in [0.29, 0.717) is 12.1 Å². The van der Waals surface area contributed by atoms with Gasteiger partial charge in [0.2, 0.25) is 0 Å². The van der Waals surface area contributed by atoms with Crippen molar-refractivity contribution >= 4 is 15.7 Å². The van der Waals surface area contributed by atoms with Crippen LogP contribution in [0, 0.1) is 11.2 Å². The summed E-state index contributed by atoms with van der Waals surface area (Å²) in [5.41, 5.74) is 1.43. The van der Waals surface area contributed by atoms with Crippen molar-refractivity contribution in [3.05, 3.63) is 35.1 Å². The van der Waals surface area contributed by atoms with Crippen molar-refractivity contribution in [3.63, 3.8) is 0 Å². The van der Waals surface area contributed by atoms with Crippen LogP contribution in [0.25, 0.3) is 0 Å². The van der Waals surface area contributed by atoms with Crippen LogP contribution in [0.15, 0.2) is 18.2 Å². The van der Waals surface area contributed by atoms with Crippen LogP contribution >= 0.6 is 0 Å². The average molecular weight is 270 g/mol. The van der Waals surface area contributed by atoms with E-state index in [1.54, 1.807) is 17.9 Å². The lowest BCUT2D eigenvalue weighted by atomic mass is 10.1. The fraction of sp³-hybridized carbons (Fsp3) is 0.417. The predicted molar refractivity (Wildman–Crippen MR) is 68.0 cm³/mol. The monoisotopic (exact) mass is 270 g/mol. The standard InChI is InChI=1S/C12H15FN2O2S/c1-2-18(16,17)6-5-15-8-9-3-4-10(13)7-11(9)12(15)14/h3-4,7,14H,2,5-6,8H2,1H3. The van der Waals surface area contributed by atoms with Crippen LogP contribution in [0.5, 0.6) is 0 Å². The van der Waals surface area contributed by atoms with Gasteiger partial charge in [0.15, 0.2) is 9.84 Å². The summed E-state index contributed by atoms with van der Waals surface area (Å²) in [6.45, 7) is 2.37. The Morgan fingerprint density at radius 1 is 1.44 bits per heavy atom. The third-order valence-electron chi connectivity index (χ3n) is 3.12. The molecule has 0 saturated heterocycles. The zero-order valence-electron chi connectivity index (χ0n) is 10.1. The maximum Gasteiger partial charge on any atom is 0.151 e. The van der Waals surface area contributed by atoms with Crippen molar-refractivity contribution in [1.29, 1.82) is 5.41 Å². The van der Waals surface area contributed by atoms with Gasteiger partial charge in [-0.3, -0.25) is 5.41 Å². The summed E-state index contributed by atoms with van der Waals surface area (Å²) < 4.78 is 35.9. The number of rotatable bonds is 4. The number of halogens is 1. The van der Waals surface area contributed by atoms with Crippen molar-refractivity contribution in [3.8, 4) is 0 Å². The summed E-state index contributed by atoms with van der Waals surface area (Å²) in [6, 6.07) is 4.33. The molecular weight excluding hydrogens is 255 g/mol. The highest BCUT2D eigenvalue weighted by molar-refractivity contribution is 7.91. The van der Waals surface area contributed by atoms with Crippen LogP contribution in [0.1, 0.15) is 18.1 Å². The van der Waals surface area contributed by atoms with Crippen molar-refractivity contribution in [2.75, 3.05) is 18.1 Å². The van der Waals surface area contributed by atoms with Crippen molar-refractivity contribution in [2.45, 2.75) is 13.5 Å². The summed E-state index contributed by atoms with van der Waals surface area (Å²) >= 11 is 0. The molecule has 1 aromatic carbocycles. The molecule has 98 valence electrons. The maximum absolute atomic E-state index is 13.1. The fourth-order valence-electron chi connectivity index (χ4n) is 1.95. The molecule has 0 spiro atoms. The number of nitrogens with one attached hydrogen (secondary N) is 1. The third kappa shape index (κ3) is 2.53. The SMILES string of the molecule is CCS(=O)(=O)CCN1Cc2ccc(F)cc2C1=N. The van der Waals surface area contributed by atoms with E-state index in [1.165, 1.54) is 12.1 Å². The zero-order valence-corrected chi connectivity index (χ0v) is 10.9. The Balaban J connectivity index is 2.10. The van der Waals surface area contributed by atoms with E-state index in [4.69, 9.17) is 5.41 Å². The Labute approximate surface area is 106 Å². The van der Waals surface area contributed by atoms with Crippen LogP contribution in [-0.2, 0) is 16.4 Å². The number of benzene rings is 1. The Hall–Kier alpha value is -1.43. The number of amidine groups is 1. The van der Waals surface area contributed by atoms with Crippen LogP contribution in [0.3, 0.4) is 0 Å². The van der Waals surface area contributed by atoms with Gasteiger partial charge in [0, 0.05) is 24.4 Å². The molecule has 4 nitrogen and oxygen atoms in total. The van der Waals surface area contributed by atoms with E-state index in [1.807, 2.05) is 0 Å². The topological polar surface area (TPSA) is 61.2 Å². The van der Waals surface area contributed by atoms with Crippen molar-refractivity contribution in [2.24, 2.45) is 0 Å². The second-order valence-corrected chi connectivity index (χ2v) is 6.78. The van der Waals surface area contributed by atoms with Gasteiger partial charge in [-0.2, -0.15) is 0 Å². The Bertz CT molecular complexity index is 584. The highest BCUT2D eigenvalue weighted by Gasteiger charge is 2.25. The molecule has 0 radical (unpaired) electrons. The molecule has 1 N–H and O–H groups in total. The summed E-state index contributed by atoms with van der Waals surface area (Å²) in [5.74, 6) is -0.0321. The molecule has 1 aliphatic heterocycles. The fourth-order valence-corrected chi connectivity index (χ4v) is 2.73. The molecule has 0 aromatic heterocycles. The summed E-state index contributed by atoms with van der Waals surface area (Å²) in [7, 11) is -3.04. The minimum absolute atomic E-state index is 0.0301. The number of sulfone groups is 1. The first-order chi connectivity index (χ1) is 8.43. The van der Waals surface area contributed by atoms with E-state index in [0.717, 1.165) is 5.56 Å². The van der Waals surface area contributed by atoms with Gasteiger partial charge in [0.1, 0.15) is 11.7 Å². The molecule has 2 rings (SSSR count). The van der Waals surface area contributed by atoms with Gasteiger partial charge >= 0.3 is 0 Å². The minimum Gasteiger partial charge on any atom is -0.351 e. The van der Waals surface area contributed by atoms with E-state index >= 15 is 0 Å². The molecule has 18 heavy (non-hydrogen) atoms. The maximum atomic E-state index is 13.1. The lowest BCUT2D eigenvalue weighted by Gasteiger charge is -2.17. The molecule has 0 bridgehead atoms. The molecule has 1 heterocycles. The molecule has 1 aliphatic rings. The van der Waals surface area contributed by atoms with Crippen molar-refractivity contribution < 1.29 is 12.8 Å². The number of hydrogen-bond donors (Lipinski definition) is 1. The summed E-state index contributed by atoms with van der Waals surface area (Å²) in [6.07, 6.45) is 0. The number of nitrogens with zero attached hydrogens (tertiary/aromatic N) is 1. The van der Waals surface area contributed by atoms with Crippen LogP contribution < -0.4 is 0 Å². The van der Waals surface area contributed by atoms with E-state index in [-0.39, 0.29) is 29.7 Å². The van der Waals surface area contributed by atoms with E-state index in [2.05, 4.69) is 0 Å². The number of fused-ring (bicyclic) bond motifs is 1. The summed E-state index contributed by atoms with van der Waals surface area (Å²) in [4.78, 5) is 1.66. The second kappa shape index (κ2) is 4.68. The average Bonchev–Trinajstić information content (AvgIpc) is 2.64. The molecule has 0 aliphatic carbocycles. The Kier molecular flexibility index (Phi) is 3.38. The molecule has 1 aromatic rings. The van der Waals surface area contributed by atoms with Crippen LogP contribution in [0.4, 0.5) is 4.39 Å². The quantitative estimate of drug-likeness (QED) is 0.899. The predicted octanol–water partition coefficient (Wildman–Crippen LogP) is 1.40. The minimum atomic E-state index is -3.04. The highest BCUT2D eigenvalue weighted by atomic mass is 32.2. The zero-order chi connectivity index (χ0) is 13.3. The number of hydrogen-bond acceptors (Lipinski definition) is 3. The van der Waals surface area contributed by atoms with Gasteiger partial charge in [-0.15, -0.1) is 0 Å². The molecule has 0 unspecified atom stereocenters. The van der Waals surface area contributed by atoms with Gasteiger partial charge in [-0.05, 0) is 17.7 Å². The molecule has 0 saturated carbocycles. The highest BCUT2D eigenvalue weighted by Crippen LogP contribution is 2.23. The van der Waals surface area contributed by atoms with E-state index < -0.39 is 9.84 Å². The third-order valence-corrected chi connectivity index (χ3v) is 4.80. The molecular formula is C12H15FN2O2S. The smallest absolute Gasteiger partial charge is 0.151 e. The Morgan fingerprint density at radius 2 is 2.17 bits per heavy atom. The van der Waals surface area contributed by atoms with Gasteiger partial charge in [-0.1, -0.05) is 13.0 Å². The first kappa shape index (κ1) is 13.0. The molecule has 0 amide bonds. The normalized spacial score (nSPS) is 15.0. The summed E-state index contributed by atoms with van der Waals surface area (Å²) in [5, 5.41) is 7.91. The van der Waals surface area contributed by atoms with Gasteiger partial charge < -0.3 is 4.90 Å².